The summed E-state index contributed by atoms with van der Waals surface area (Å²) in [5.74, 6) is -16.6. The number of nitrogens with two attached hydrogens (primary N) is 2. The molecule has 0 spiro atoms. The Morgan fingerprint density at radius 2 is 0.901 bits per heavy atom. The largest absolute Gasteiger partial charge is 0.481 e. The van der Waals surface area contributed by atoms with Crippen molar-refractivity contribution in [3.63, 3.8) is 0 Å². The van der Waals surface area contributed by atoms with E-state index in [1.807, 2.05) is 5.32 Å². The number of carboxylic acids is 2. The summed E-state index contributed by atoms with van der Waals surface area (Å²) < 4.78 is 0. The molecule has 510 valence electrons. The summed E-state index contributed by atoms with van der Waals surface area (Å²) in [6.45, 7) is 5.17. The minimum Gasteiger partial charge on any atom is -0.481 e. The van der Waals surface area contributed by atoms with Crippen LogP contribution in [0.25, 0.3) is 0 Å². The standard InChI is InChI=1S/C55H89N15O21/c1-26(2)19-33(65-54(91)44(30(7)75)70-48(85)34(20-31-13-9-8-10-14-31)64-49(86)35(23-71)62-38(76)15-11-12-18-58-55(56)57)47(84)61-28(5)45(82)66-36(24-72)51(88)67-37(25-73)50(87)63-32(16-17-40(78)79)46(83)69-43(29(6)74)53(90)59-21-39(77)68-42(27(3)4)52(89)60-22-41(80)81/h8-10,13-14,26-30,32-37,42-44,71-75H,11-12,15-25H2,1-7H3,(H,59,90)(H,60,89)(H,61,84)(H,62,76)(H,63,87)(H,64,86)(H,65,91)(H,66,82)(H,67,88)(H,68,77)(H,69,83)(H,70,85)(H,78,79)(H,80,81)(H4,56,57,58)/t28-,29+,30+,32-,33-,34-,35-,36-,37-,42-,43-,44-/m0/s1. The van der Waals surface area contributed by atoms with Gasteiger partial charge in [-0.15, -0.1) is 0 Å². The van der Waals surface area contributed by atoms with Gasteiger partial charge < -0.3 is 111 Å². The molecule has 0 aliphatic carbocycles. The highest BCUT2D eigenvalue weighted by Crippen LogP contribution is 2.11. The lowest BCUT2D eigenvalue weighted by atomic mass is 10.0. The lowest BCUT2D eigenvalue weighted by Gasteiger charge is -2.28. The van der Waals surface area contributed by atoms with E-state index in [4.69, 9.17) is 16.6 Å². The van der Waals surface area contributed by atoms with E-state index in [1.54, 1.807) is 44.2 Å². The first kappa shape index (κ1) is 79.9. The molecule has 0 aliphatic rings. The number of carbonyl (C=O) groups excluding carboxylic acids is 12. The van der Waals surface area contributed by atoms with Crippen molar-refractivity contribution in [2.75, 3.05) is 39.5 Å². The number of hydrogen-bond donors (Lipinski definition) is 21. The average molecular weight is 1300 g/mol. The first-order chi connectivity index (χ1) is 42.6. The van der Waals surface area contributed by atoms with E-state index >= 15 is 0 Å². The van der Waals surface area contributed by atoms with Crippen LogP contribution in [0.5, 0.6) is 0 Å². The molecule has 0 saturated heterocycles. The fourth-order valence-electron chi connectivity index (χ4n) is 8.14. The highest BCUT2D eigenvalue weighted by molar-refractivity contribution is 5.99. The molecule has 0 bridgehead atoms. The quantitative estimate of drug-likeness (QED) is 0.0164. The fourth-order valence-corrected chi connectivity index (χ4v) is 8.14. The molecule has 0 saturated carbocycles. The lowest BCUT2D eigenvalue weighted by molar-refractivity contribution is -0.139. The molecule has 0 radical (unpaired) electrons. The average Bonchev–Trinajstić information content (AvgIpc) is 2.24. The number of aliphatic hydroxyl groups is 5. The smallest absolute Gasteiger partial charge is 0.322 e. The Morgan fingerprint density at radius 3 is 1.40 bits per heavy atom. The molecule has 0 unspecified atom stereocenters. The Morgan fingerprint density at radius 1 is 0.451 bits per heavy atom. The maximum atomic E-state index is 14.0. The lowest BCUT2D eigenvalue weighted by Crippen LogP contribution is -2.62. The van der Waals surface area contributed by atoms with Gasteiger partial charge in [0.25, 0.3) is 0 Å². The number of aliphatic imine (C=N–C) groups is 1. The third kappa shape index (κ3) is 30.8. The van der Waals surface area contributed by atoms with E-state index in [-0.39, 0.29) is 37.7 Å². The van der Waals surface area contributed by atoms with Crippen LogP contribution in [0.4, 0.5) is 0 Å². The van der Waals surface area contributed by atoms with Crippen LogP contribution in [0, 0.1) is 11.8 Å². The maximum Gasteiger partial charge on any atom is 0.322 e. The van der Waals surface area contributed by atoms with Crippen LogP contribution < -0.4 is 75.3 Å². The van der Waals surface area contributed by atoms with Crippen molar-refractivity contribution in [3.05, 3.63) is 35.9 Å². The number of nitrogens with zero attached hydrogens (tertiary/aromatic N) is 1. The van der Waals surface area contributed by atoms with Gasteiger partial charge in [-0.05, 0) is 63.9 Å². The van der Waals surface area contributed by atoms with Crippen LogP contribution in [0.1, 0.15) is 92.6 Å². The van der Waals surface area contributed by atoms with Gasteiger partial charge in [0.1, 0.15) is 67.0 Å². The summed E-state index contributed by atoms with van der Waals surface area (Å²) in [6, 6.07) is -8.46. The minimum atomic E-state index is -1.99. The van der Waals surface area contributed by atoms with Crippen molar-refractivity contribution in [1.29, 1.82) is 0 Å². The molecule has 1 rings (SSSR count). The van der Waals surface area contributed by atoms with Gasteiger partial charge in [-0.1, -0.05) is 58.0 Å². The minimum absolute atomic E-state index is 0.0634. The molecule has 36 nitrogen and oxygen atoms in total. The van der Waals surface area contributed by atoms with E-state index in [0.717, 1.165) is 20.8 Å². The summed E-state index contributed by atoms with van der Waals surface area (Å²) in [6.07, 6.45) is -4.44. The van der Waals surface area contributed by atoms with Crippen molar-refractivity contribution in [2.45, 2.75) is 166 Å². The van der Waals surface area contributed by atoms with E-state index in [2.05, 4.69) is 63.5 Å². The number of rotatable bonds is 42. The predicted molar refractivity (Wildman–Crippen MR) is 319 cm³/mol. The van der Waals surface area contributed by atoms with Crippen LogP contribution in [-0.2, 0) is 73.5 Å². The highest BCUT2D eigenvalue weighted by Gasteiger charge is 2.37. The molecule has 36 heteroatoms. The Bertz CT molecular complexity index is 2680. The van der Waals surface area contributed by atoms with Crippen LogP contribution >= 0.6 is 0 Å². The van der Waals surface area contributed by atoms with Crippen LogP contribution in [0.2, 0.25) is 0 Å². The summed E-state index contributed by atoms with van der Waals surface area (Å²) >= 11 is 0. The number of carbonyl (C=O) groups is 14. The molecule has 1 aromatic carbocycles. The number of aliphatic carboxylic acids is 2. The Labute approximate surface area is 523 Å². The topological polar surface area (TPSA) is 589 Å². The van der Waals surface area contributed by atoms with Gasteiger partial charge in [0, 0.05) is 25.8 Å². The zero-order valence-corrected chi connectivity index (χ0v) is 51.6. The van der Waals surface area contributed by atoms with Gasteiger partial charge in [-0.3, -0.25) is 72.1 Å². The number of nitrogens with one attached hydrogen (secondary N) is 12. The number of guanidine groups is 1. The van der Waals surface area contributed by atoms with Gasteiger partial charge in [-0.2, -0.15) is 0 Å². The Balaban J connectivity index is 3.19. The van der Waals surface area contributed by atoms with Crippen LogP contribution in [-0.4, -0.2) is 237 Å². The van der Waals surface area contributed by atoms with Gasteiger partial charge in [0.05, 0.1) is 38.6 Å². The number of benzene rings is 1. The van der Waals surface area contributed by atoms with E-state index < -0.39 is 207 Å². The molecule has 12 amide bonds. The second-order valence-electron chi connectivity index (χ2n) is 21.8. The monoisotopic (exact) mass is 1300 g/mol. The zero-order chi connectivity index (χ0) is 69.2. The summed E-state index contributed by atoms with van der Waals surface area (Å²) in [4.78, 5) is 186. The van der Waals surface area contributed by atoms with E-state index in [0.29, 0.717) is 18.4 Å². The van der Waals surface area contributed by atoms with Gasteiger partial charge in [0.15, 0.2) is 5.96 Å². The predicted octanol–water partition coefficient (Wildman–Crippen LogP) is -8.84. The maximum absolute atomic E-state index is 14.0. The number of carboxylic acid groups (broad SMARTS) is 2. The Kier molecular flexibility index (Phi) is 36.2. The third-order valence-electron chi connectivity index (χ3n) is 13.1. The molecular weight excluding hydrogens is 1210 g/mol. The van der Waals surface area contributed by atoms with E-state index in [1.165, 1.54) is 13.8 Å². The number of hydrogen-bond acceptors (Lipinski definition) is 20. The van der Waals surface area contributed by atoms with Crippen molar-refractivity contribution >= 4 is 88.8 Å². The van der Waals surface area contributed by atoms with Gasteiger partial charge in [-0.25, -0.2) is 0 Å². The Hall–Kier alpha value is -9.13. The van der Waals surface area contributed by atoms with Gasteiger partial charge >= 0.3 is 11.9 Å². The normalized spacial score (nSPS) is 15.0. The van der Waals surface area contributed by atoms with Crippen molar-refractivity contribution in [1.82, 2.24) is 63.8 Å². The first-order valence-corrected chi connectivity index (χ1v) is 28.9. The summed E-state index contributed by atoms with van der Waals surface area (Å²) in [7, 11) is 0. The van der Waals surface area contributed by atoms with Crippen molar-refractivity contribution in [3.8, 4) is 0 Å². The SMILES string of the molecule is CC(C)C[C@H](NC(=O)[C@@H](NC(=O)[C@H](Cc1ccccc1)NC(=O)[C@H](CO)NC(=O)CCCCN=C(N)N)[C@@H](C)O)C(=O)N[C@@H](C)C(=O)N[C@@H](CO)C(=O)N[C@@H](CO)C(=O)N[C@@H](CCC(=O)O)C(=O)N[C@H](C(=O)NCC(=O)N[C@H](C(=O)NCC(=O)O)C(C)C)[C@@H](C)O. The molecular formula is C55H89N15O21. The summed E-state index contributed by atoms with van der Waals surface area (Å²) in [5, 5.41) is 96.8. The van der Waals surface area contributed by atoms with Crippen molar-refractivity contribution in [2.24, 2.45) is 28.3 Å². The molecule has 12 atom stereocenters. The molecule has 0 fully saturated rings. The fraction of sp³-hybridized carbons (Fsp3) is 0.618. The molecule has 23 N–H and O–H groups in total. The number of unbranched alkanes of at least 4 members (excludes halogenated alkanes) is 1. The molecule has 0 aliphatic heterocycles. The molecule has 91 heavy (non-hydrogen) atoms. The number of aliphatic hydroxyl groups excluding tert-OH is 5. The van der Waals surface area contributed by atoms with E-state index in [9.17, 15) is 97.8 Å². The van der Waals surface area contributed by atoms with Crippen molar-refractivity contribution < 1.29 is 103 Å². The second-order valence-corrected chi connectivity index (χ2v) is 21.8. The zero-order valence-electron chi connectivity index (χ0n) is 51.6. The highest BCUT2D eigenvalue weighted by atomic mass is 16.4. The van der Waals surface area contributed by atoms with Crippen LogP contribution in [0.15, 0.2) is 35.3 Å². The molecule has 0 heterocycles. The second kappa shape index (κ2) is 41.2. The number of amides is 12. The summed E-state index contributed by atoms with van der Waals surface area (Å²) in [5.41, 5.74) is 11.1. The molecule has 0 aromatic heterocycles. The van der Waals surface area contributed by atoms with Gasteiger partial charge in [0.2, 0.25) is 70.9 Å². The molecule has 1 aromatic rings. The van der Waals surface area contributed by atoms with Crippen LogP contribution in [0.3, 0.4) is 0 Å². The third-order valence-corrected chi connectivity index (χ3v) is 13.1. The first-order valence-electron chi connectivity index (χ1n) is 28.9.